The molecule has 0 radical (unpaired) electrons. The van der Waals surface area contributed by atoms with E-state index in [0.29, 0.717) is 5.69 Å². The molecule has 10 nitrogen and oxygen atoms in total. The first-order valence-corrected chi connectivity index (χ1v) is 7.17. The highest BCUT2D eigenvalue weighted by Crippen LogP contribution is 2.09. The standard InChI is InChI=1S/C7H8N2O8S2/c10-18(11,12)16-7(17-19(13,14)15)2-1-6-5-8-3-4-9-6/h2-5H,1H2,(H,10,11,12)(H,13,14,15). The van der Waals surface area contributed by atoms with Crippen molar-refractivity contribution in [2.45, 2.75) is 6.42 Å². The topological polar surface area (TPSA) is 153 Å². The minimum Gasteiger partial charge on any atom is -0.324 e. The van der Waals surface area contributed by atoms with Crippen molar-refractivity contribution >= 4 is 20.8 Å². The van der Waals surface area contributed by atoms with Crippen molar-refractivity contribution < 1.29 is 34.3 Å². The van der Waals surface area contributed by atoms with Crippen molar-refractivity contribution in [2.75, 3.05) is 0 Å². The molecule has 0 aliphatic carbocycles. The fourth-order valence-electron chi connectivity index (χ4n) is 0.913. The summed E-state index contributed by atoms with van der Waals surface area (Å²) in [6.07, 6.45) is 4.75. The highest BCUT2D eigenvalue weighted by atomic mass is 32.3. The van der Waals surface area contributed by atoms with Crippen LogP contribution in [-0.4, -0.2) is 35.9 Å². The van der Waals surface area contributed by atoms with E-state index < -0.39 is 26.7 Å². The molecule has 2 N–H and O–H groups in total. The van der Waals surface area contributed by atoms with E-state index in [1.807, 2.05) is 0 Å². The minimum absolute atomic E-state index is 0.117. The molecule has 1 aromatic rings. The van der Waals surface area contributed by atoms with E-state index in [0.717, 1.165) is 6.08 Å². The smallest absolute Gasteiger partial charge is 0.324 e. The van der Waals surface area contributed by atoms with Crippen LogP contribution < -0.4 is 0 Å². The Labute approximate surface area is 108 Å². The molecule has 1 heterocycles. The summed E-state index contributed by atoms with van der Waals surface area (Å²) in [5.74, 6) is -1.14. The number of hydrogen-bond donors (Lipinski definition) is 2. The zero-order chi connectivity index (χ0) is 14.5. The molecule has 0 unspecified atom stereocenters. The summed E-state index contributed by atoms with van der Waals surface area (Å²) in [5.41, 5.74) is 0.331. The van der Waals surface area contributed by atoms with Crippen LogP contribution in [0.3, 0.4) is 0 Å². The predicted molar refractivity (Wildman–Crippen MR) is 59.1 cm³/mol. The summed E-state index contributed by atoms with van der Waals surface area (Å²) in [6, 6.07) is 0. The van der Waals surface area contributed by atoms with Gasteiger partial charge in [-0.1, -0.05) is 0 Å². The van der Waals surface area contributed by atoms with Crippen LogP contribution in [0.5, 0.6) is 0 Å². The highest BCUT2D eigenvalue weighted by molar-refractivity contribution is 7.81. The lowest BCUT2D eigenvalue weighted by Crippen LogP contribution is -2.11. The third-order valence-electron chi connectivity index (χ3n) is 1.47. The average molecular weight is 312 g/mol. The van der Waals surface area contributed by atoms with Gasteiger partial charge in [-0.05, 0) is 0 Å². The number of aromatic nitrogens is 2. The second-order valence-corrected chi connectivity index (χ2v) is 4.99. The molecular formula is C7H8N2O8S2. The maximum atomic E-state index is 10.4. The molecule has 0 atom stereocenters. The van der Waals surface area contributed by atoms with Gasteiger partial charge in [-0.25, -0.2) is 0 Å². The Morgan fingerprint density at radius 1 is 1.16 bits per heavy atom. The number of allylic oxidation sites excluding steroid dienone is 1. The normalized spacial score (nSPS) is 11.7. The molecule has 0 aromatic carbocycles. The summed E-state index contributed by atoms with van der Waals surface area (Å²) in [7, 11) is -10.0. The van der Waals surface area contributed by atoms with Gasteiger partial charge in [0.25, 0.3) is 0 Å². The SMILES string of the molecule is O=S(=O)(O)OC(=CCc1cnccn1)OS(=O)(=O)O. The van der Waals surface area contributed by atoms with E-state index >= 15 is 0 Å². The zero-order valence-corrected chi connectivity index (χ0v) is 10.7. The van der Waals surface area contributed by atoms with Gasteiger partial charge in [0.2, 0.25) is 0 Å². The summed E-state index contributed by atoms with van der Waals surface area (Å²) in [6.45, 7) is 0. The summed E-state index contributed by atoms with van der Waals surface area (Å²) in [4.78, 5) is 7.50. The van der Waals surface area contributed by atoms with Gasteiger partial charge < -0.3 is 8.37 Å². The average Bonchev–Trinajstić information content (AvgIpc) is 2.23. The van der Waals surface area contributed by atoms with Crippen molar-refractivity contribution in [1.29, 1.82) is 0 Å². The lowest BCUT2D eigenvalue weighted by atomic mass is 10.3. The summed E-state index contributed by atoms with van der Waals surface area (Å²) < 4.78 is 66.2. The molecule has 1 rings (SSSR count). The van der Waals surface area contributed by atoms with Gasteiger partial charge in [-0.15, -0.1) is 0 Å². The lowest BCUT2D eigenvalue weighted by Gasteiger charge is -2.05. The van der Waals surface area contributed by atoms with E-state index in [1.54, 1.807) is 0 Å². The monoisotopic (exact) mass is 312 g/mol. The fourth-order valence-corrected chi connectivity index (χ4v) is 1.58. The third kappa shape index (κ3) is 7.30. The van der Waals surface area contributed by atoms with E-state index in [2.05, 4.69) is 18.3 Å². The largest absolute Gasteiger partial charge is 0.449 e. The van der Waals surface area contributed by atoms with Gasteiger partial charge >= 0.3 is 26.7 Å². The fraction of sp³-hybridized carbons (Fsp3) is 0.143. The van der Waals surface area contributed by atoms with Crippen LogP contribution in [-0.2, 0) is 35.6 Å². The molecule has 19 heavy (non-hydrogen) atoms. The molecule has 0 spiro atoms. The van der Waals surface area contributed by atoms with Gasteiger partial charge in [0.05, 0.1) is 5.69 Å². The molecule has 0 aliphatic heterocycles. The van der Waals surface area contributed by atoms with E-state index in [-0.39, 0.29) is 6.42 Å². The number of nitrogens with zero attached hydrogens (tertiary/aromatic N) is 2. The van der Waals surface area contributed by atoms with Gasteiger partial charge in [-0.3, -0.25) is 19.1 Å². The van der Waals surface area contributed by atoms with Crippen molar-refractivity contribution in [3.63, 3.8) is 0 Å². The number of hydrogen-bond acceptors (Lipinski definition) is 8. The maximum absolute atomic E-state index is 10.4. The van der Waals surface area contributed by atoms with Gasteiger partial charge in [0, 0.05) is 31.1 Å². The summed E-state index contributed by atoms with van der Waals surface area (Å²) in [5, 5.41) is 0. The third-order valence-corrected chi connectivity index (χ3v) is 2.22. The molecule has 106 valence electrons. The first-order chi connectivity index (χ1) is 8.66. The van der Waals surface area contributed by atoms with Crippen molar-refractivity contribution in [3.05, 3.63) is 36.3 Å². The van der Waals surface area contributed by atoms with Crippen molar-refractivity contribution in [1.82, 2.24) is 9.97 Å². The molecule has 0 saturated carbocycles. The highest BCUT2D eigenvalue weighted by Gasteiger charge is 2.17. The van der Waals surface area contributed by atoms with Crippen LogP contribution in [0.25, 0.3) is 0 Å². The maximum Gasteiger partial charge on any atom is 0.449 e. The molecule has 12 heteroatoms. The first-order valence-electron chi connectivity index (χ1n) is 4.44. The molecule has 0 saturated heterocycles. The van der Waals surface area contributed by atoms with Crippen molar-refractivity contribution in [2.24, 2.45) is 0 Å². The molecule has 0 bridgehead atoms. The zero-order valence-electron chi connectivity index (χ0n) is 9.07. The predicted octanol–water partition coefficient (Wildman–Crippen LogP) is -0.501. The summed E-state index contributed by atoms with van der Waals surface area (Å²) >= 11 is 0. The van der Waals surface area contributed by atoms with E-state index in [1.165, 1.54) is 18.6 Å². The van der Waals surface area contributed by atoms with Crippen LogP contribution in [0.2, 0.25) is 0 Å². The van der Waals surface area contributed by atoms with Gasteiger partial charge in [0.15, 0.2) is 0 Å². The van der Waals surface area contributed by atoms with Crippen LogP contribution in [0.1, 0.15) is 5.69 Å². The van der Waals surface area contributed by atoms with Crippen LogP contribution in [0.4, 0.5) is 0 Å². The Kier molecular flexibility index (Phi) is 4.77. The van der Waals surface area contributed by atoms with E-state index in [9.17, 15) is 16.8 Å². The Balaban J connectivity index is 2.90. The van der Waals surface area contributed by atoms with Crippen molar-refractivity contribution in [3.8, 4) is 0 Å². The number of rotatable bonds is 6. The van der Waals surface area contributed by atoms with Crippen LogP contribution >= 0.6 is 0 Å². The molecule has 1 aromatic heterocycles. The first kappa shape index (κ1) is 15.3. The van der Waals surface area contributed by atoms with E-state index in [4.69, 9.17) is 9.11 Å². The van der Waals surface area contributed by atoms with Crippen LogP contribution in [0, 0.1) is 0 Å². The Morgan fingerprint density at radius 3 is 2.16 bits per heavy atom. The Morgan fingerprint density at radius 2 is 1.74 bits per heavy atom. The van der Waals surface area contributed by atoms with Gasteiger partial charge in [-0.2, -0.15) is 16.8 Å². The molecule has 0 aliphatic rings. The second kappa shape index (κ2) is 5.92. The quantitative estimate of drug-likeness (QED) is 0.519. The molecule has 0 fully saturated rings. The minimum atomic E-state index is -5.00. The molecule has 0 amide bonds. The Hall–Kier alpha value is -1.76. The second-order valence-electron chi connectivity index (χ2n) is 2.95. The van der Waals surface area contributed by atoms with Crippen LogP contribution in [0.15, 0.2) is 30.6 Å². The Bertz CT molecular complexity index is 616. The van der Waals surface area contributed by atoms with Gasteiger partial charge in [0.1, 0.15) is 0 Å². The lowest BCUT2D eigenvalue weighted by molar-refractivity contribution is 0.195. The molecular weight excluding hydrogens is 304 g/mol.